The van der Waals surface area contributed by atoms with Gasteiger partial charge in [-0.15, -0.1) is 0 Å². The van der Waals surface area contributed by atoms with E-state index in [1.165, 1.54) is 12.8 Å². The summed E-state index contributed by atoms with van der Waals surface area (Å²) >= 11 is 0. The molecular formula is C17H26N2O2. The molecule has 4 nitrogen and oxygen atoms in total. The molecule has 116 valence electrons. The van der Waals surface area contributed by atoms with Crippen molar-refractivity contribution < 1.29 is 9.53 Å². The van der Waals surface area contributed by atoms with E-state index in [1.807, 2.05) is 24.3 Å². The first kappa shape index (κ1) is 15.8. The molecule has 1 aliphatic heterocycles. The van der Waals surface area contributed by atoms with Gasteiger partial charge in [0.2, 0.25) is 0 Å². The molecule has 0 atom stereocenters. The van der Waals surface area contributed by atoms with Crippen LogP contribution in [-0.4, -0.2) is 31.6 Å². The second-order valence-electron chi connectivity index (χ2n) is 5.58. The molecule has 0 saturated carbocycles. The third kappa shape index (κ3) is 5.38. The SMILES string of the molecule is CCCCCOc1ccc(C(=O)NC2CCNCC2)cc1. The van der Waals surface area contributed by atoms with Crippen LogP contribution in [0.15, 0.2) is 24.3 Å². The Morgan fingerprint density at radius 1 is 1.24 bits per heavy atom. The zero-order valence-corrected chi connectivity index (χ0v) is 12.9. The fourth-order valence-corrected chi connectivity index (χ4v) is 2.48. The first-order valence-corrected chi connectivity index (χ1v) is 8.04. The van der Waals surface area contributed by atoms with Gasteiger partial charge in [-0.25, -0.2) is 0 Å². The van der Waals surface area contributed by atoms with Gasteiger partial charge in [-0.2, -0.15) is 0 Å². The summed E-state index contributed by atoms with van der Waals surface area (Å²) in [7, 11) is 0. The number of piperidine rings is 1. The lowest BCUT2D eigenvalue weighted by molar-refractivity contribution is 0.0929. The minimum absolute atomic E-state index is 0.0134. The summed E-state index contributed by atoms with van der Waals surface area (Å²) in [6.07, 6.45) is 5.47. The van der Waals surface area contributed by atoms with E-state index >= 15 is 0 Å². The molecule has 2 rings (SSSR count). The lowest BCUT2D eigenvalue weighted by Crippen LogP contribution is -2.42. The number of benzene rings is 1. The van der Waals surface area contributed by atoms with Gasteiger partial charge >= 0.3 is 0 Å². The van der Waals surface area contributed by atoms with E-state index < -0.39 is 0 Å². The van der Waals surface area contributed by atoms with Crippen molar-refractivity contribution in [2.75, 3.05) is 19.7 Å². The minimum atomic E-state index is 0.0134. The average molecular weight is 290 g/mol. The van der Waals surface area contributed by atoms with Crippen molar-refractivity contribution in [1.82, 2.24) is 10.6 Å². The highest BCUT2D eigenvalue weighted by Gasteiger charge is 2.16. The Morgan fingerprint density at radius 2 is 1.95 bits per heavy atom. The smallest absolute Gasteiger partial charge is 0.251 e. The van der Waals surface area contributed by atoms with Gasteiger partial charge in [0.15, 0.2) is 0 Å². The molecule has 1 amide bonds. The lowest BCUT2D eigenvalue weighted by Gasteiger charge is -2.23. The Morgan fingerprint density at radius 3 is 2.62 bits per heavy atom. The highest BCUT2D eigenvalue weighted by Crippen LogP contribution is 2.13. The first-order valence-electron chi connectivity index (χ1n) is 8.04. The minimum Gasteiger partial charge on any atom is -0.494 e. The molecule has 1 aliphatic rings. The van der Waals surface area contributed by atoms with E-state index in [-0.39, 0.29) is 5.91 Å². The molecule has 1 heterocycles. The Balaban J connectivity index is 1.78. The highest BCUT2D eigenvalue weighted by molar-refractivity contribution is 5.94. The van der Waals surface area contributed by atoms with Crippen LogP contribution in [0.5, 0.6) is 5.75 Å². The fraction of sp³-hybridized carbons (Fsp3) is 0.588. The Kier molecular flexibility index (Phi) is 6.54. The first-order chi connectivity index (χ1) is 10.3. The molecule has 0 unspecified atom stereocenters. The highest BCUT2D eigenvalue weighted by atomic mass is 16.5. The van der Waals surface area contributed by atoms with Crippen LogP contribution in [0.2, 0.25) is 0 Å². The third-order valence-corrected chi connectivity index (χ3v) is 3.81. The molecule has 21 heavy (non-hydrogen) atoms. The largest absolute Gasteiger partial charge is 0.494 e. The van der Waals surface area contributed by atoms with Gasteiger partial charge in [0.25, 0.3) is 5.91 Å². The Hall–Kier alpha value is -1.55. The molecule has 1 saturated heterocycles. The molecule has 0 bridgehead atoms. The van der Waals surface area contributed by atoms with Crippen molar-refractivity contribution in [2.45, 2.75) is 45.1 Å². The van der Waals surface area contributed by atoms with Crippen LogP contribution in [0.1, 0.15) is 49.4 Å². The zero-order chi connectivity index (χ0) is 14.9. The fourth-order valence-electron chi connectivity index (χ4n) is 2.48. The van der Waals surface area contributed by atoms with E-state index in [1.54, 1.807) is 0 Å². The van der Waals surface area contributed by atoms with Gasteiger partial charge in [-0.3, -0.25) is 4.79 Å². The van der Waals surface area contributed by atoms with Crippen molar-refractivity contribution in [3.05, 3.63) is 29.8 Å². The van der Waals surface area contributed by atoms with E-state index in [4.69, 9.17) is 4.74 Å². The van der Waals surface area contributed by atoms with E-state index in [9.17, 15) is 4.79 Å². The molecular weight excluding hydrogens is 264 g/mol. The Bertz CT molecular complexity index is 425. The lowest BCUT2D eigenvalue weighted by atomic mass is 10.1. The van der Waals surface area contributed by atoms with Crippen molar-refractivity contribution in [3.8, 4) is 5.75 Å². The summed E-state index contributed by atoms with van der Waals surface area (Å²) in [4.78, 5) is 12.2. The predicted molar refractivity (Wildman–Crippen MR) is 84.8 cm³/mol. The van der Waals surface area contributed by atoms with E-state index in [2.05, 4.69) is 17.6 Å². The quantitative estimate of drug-likeness (QED) is 0.759. The van der Waals surface area contributed by atoms with E-state index in [0.29, 0.717) is 11.6 Å². The van der Waals surface area contributed by atoms with Gasteiger partial charge in [-0.1, -0.05) is 19.8 Å². The van der Waals surface area contributed by atoms with Crippen LogP contribution in [0, 0.1) is 0 Å². The second-order valence-corrected chi connectivity index (χ2v) is 5.58. The second kappa shape index (κ2) is 8.67. The van der Waals surface area contributed by atoms with Gasteiger partial charge < -0.3 is 15.4 Å². The Labute approximate surface area is 127 Å². The third-order valence-electron chi connectivity index (χ3n) is 3.81. The van der Waals surface area contributed by atoms with Crippen LogP contribution >= 0.6 is 0 Å². The number of carbonyl (C=O) groups is 1. The number of unbranched alkanes of at least 4 members (excludes halogenated alkanes) is 2. The maximum absolute atomic E-state index is 12.2. The zero-order valence-electron chi connectivity index (χ0n) is 12.9. The van der Waals surface area contributed by atoms with Gasteiger partial charge in [0, 0.05) is 11.6 Å². The van der Waals surface area contributed by atoms with Crippen molar-refractivity contribution in [1.29, 1.82) is 0 Å². The molecule has 1 aromatic carbocycles. The number of ether oxygens (including phenoxy) is 1. The molecule has 2 N–H and O–H groups in total. The standard InChI is InChI=1S/C17H26N2O2/c1-2-3-4-13-21-16-7-5-14(6-8-16)17(20)19-15-9-11-18-12-10-15/h5-8,15,18H,2-4,9-13H2,1H3,(H,19,20). The maximum Gasteiger partial charge on any atom is 0.251 e. The van der Waals surface area contributed by atoms with Crippen LogP contribution in [0.3, 0.4) is 0 Å². The van der Waals surface area contributed by atoms with Crippen molar-refractivity contribution in [2.24, 2.45) is 0 Å². The van der Waals surface area contributed by atoms with Gasteiger partial charge in [0.1, 0.15) is 5.75 Å². The van der Waals surface area contributed by atoms with Crippen LogP contribution in [0.4, 0.5) is 0 Å². The van der Waals surface area contributed by atoms with Gasteiger partial charge in [-0.05, 0) is 56.6 Å². The summed E-state index contributed by atoms with van der Waals surface area (Å²) in [5, 5.41) is 6.39. The normalized spacial score (nSPS) is 15.7. The van der Waals surface area contributed by atoms with E-state index in [0.717, 1.165) is 44.7 Å². The summed E-state index contributed by atoms with van der Waals surface area (Å²) in [6.45, 7) is 4.88. The summed E-state index contributed by atoms with van der Waals surface area (Å²) in [5.74, 6) is 0.851. The molecule has 0 aromatic heterocycles. The maximum atomic E-state index is 12.2. The molecule has 0 aliphatic carbocycles. The van der Waals surface area contributed by atoms with Crippen LogP contribution in [-0.2, 0) is 0 Å². The number of rotatable bonds is 7. The molecule has 1 aromatic rings. The van der Waals surface area contributed by atoms with Gasteiger partial charge in [0.05, 0.1) is 6.61 Å². The molecule has 0 spiro atoms. The molecule has 1 fully saturated rings. The molecule has 0 radical (unpaired) electrons. The predicted octanol–water partition coefficient (Wildman–Crippen LogP) is 2.74. The monoisotopic (exact) mass is 290 g/mol. The molecule has 4 heteroatoms. The number of carbonyl (C=O) groups excluding carboxylic acids is 1. The number of hydrogen-bond acceptors (Lipinski definition) is 3. The van der Waals surface area contributed by atoms with Crippen LogP contribution < -0.4 is 15.4 Å². The van der Waals surface area contributed by atoms with Crippen molar-refractivity contribution in [3.63, 3.8) is 0 Å². The summed E-state index contributed by atoms with van der Waals surface area (Å²) < 4.78 is 5.65. The topological polar surface area (TPSA) is 50.4 Å². The number of nitrogens with one attached hydrogen (secondary N) is 2. The summed E-state index contributed by atoms with van der Waals surface area (Å²) in [6, 6.07) is 7.73. The van der Waals surface area contributed by atoms with Crippen LogP contribution in [0.25, 0.3) is 0 Å². The number of amides is 1. The number of hydrogen-bond donors (Lipinski definition) is 2. The average Bonchev–Trinajstić information content (AvgIpc) is 2.53. The van der Waals surface area contributed by atoms with Crippen molar-refractivity contribution >= 4 is 5.91 Å². The summed E-state index contributed by atoms with van der Waals surface area (Å²) in [5.41, 5.74) is 0.703.